The van der Waals surface area contributed by atoms with Crippen molar-refractivity contribution in [2.45, 2.75) is 6.42 Å². The fourth-order valence-corrected chi connectivity index (χ4v) is 2.33. The smallest absolute Gasteiger partial charge is 0.157 e. The molecule has 1 saturated heterocycles. The number of ether oxygens (including phenoxy) is 2. The van der Waals surface area contributed by atoms with Crippen LogP contribution >= 0.6 is 0 Å². The van der Waals surface area contributed by atoms with E-state index in [1.807, 2.05) is 35.1 Å². The van der Waals surface area contributed by atoms with Crippen LogP contribution in [0.5, 0.6) is 11.5 Å². The lowest BCUT2D eigenvalue weighted by molar-refractivity contribution is 0.260. The number of benzene rings is 1. The molecule has 0 saturated carbocycles. The topological polar surface area (TPSA) is 48.3 Å². The van der Waals surface area contributed by atoms with E-state index in [0.717, 1.165) is 36.9 Å². The SMILES string of the molecule is COc1ccc(-n2cc(OCC3CCNC3)cn2)cc1. The fraction of sp³-hybridized carbons (Fsp3) is 0.400. The summed E-state index contributed by atoms with van der Waals surface area (Å²) >= 11 is 0. The van der Waals surface area contributed by atoms with Gasteiger partial charge in [0.05, 0.1) is 31.8 Å². The molecule has 1 aliphatic heterocycles. The zero-order chi connectivity index (χ0) is 13.8. The average molecular weight is 273 g/mol. The maximum absolute atomic E-state index is 5.79. The zero-order valence-corrected chi connectivity index (χ0v) is 11.6. The van der Waals surface area contributed by atoms with E-state index in [-0.39, 0.29) is 0 Å². The van der Waals surface area contributed by atoms with E-state index in [1.165, 1.54) is 6.42 Å². The molecule has 20 heavy (non-hydrogen) atoms. The molecule has 1 aromatic heterocycles. The molecule has 0 radical (unpaired) electrons. The first-order valence-electron chi connectivity index (χ1n) is 6.88. The Balaban J connectivity index is 1.62. The number of nitrogens with one attached hydrogen (secondary N) is 1. The first-order valence-corrected chi connectivity index (χ1v) is 6.88. The highest BCUT2D eigenvalue weighted by molar-refractivity contribution is 5.37. The molecule has 0 bridgehead atoms. The molecule has 1 fully saturated rings. The van der Waals surface area contributed by atoms with Crippen LogP contribution in [0.2, 0.25) is 0 Å². The summed E-state index contributed by atoms with van der Waals surface area (Å²) in [7, 11) is 1.66. The molecule has 2 heterocycles. The molecular formula is C15H19N3O2. The Labute approximate surface area is 118 Å². The predicted molar refractivity (Wildman–Crippen MR) is 76.6 cm³/mol. The van der Waals surface area contributed by atoms with Crippen molar-refractivity contribution in [3.63, 3.8) is 0 Å². The maximum Gasteiger partial charge on any atom is 0.157 e. The van der Waals surface area contributed by atoms with Crippen molar-refractivity contribution in [3.05, 3.63) is 36.7 Å². The highest BCUT2D eigenvalue weighted by Crippen LogP contribution is 2.18. The van der Waals surface area contributed by atoms with Crippen LogP contribution < -0.4 is 14.8 Å². The molecule has 0 amide bonds. The predicted octanol–water partition coefficient (Wildman–Crippen LogP) is 1.87. The van der Waals surface area contributed by atoms with E-state index in [1.54, 1.807) is 13.3 Å². The molecule has 106 valence electrons. The number of nitrogens with zero attached hydrogens (tertiary/aromatic N) is 2. The van der Waals surface area contributed by atoms with Gasteiger partial charge in [-0.15, -0.1) is 0 Å². The summed E-state index contributed by atoms with van der Waals surface area (Å²) in [4.78, 5) is 0. The average Bonchev–Trinajstić information content (AvgIpc) is 3.17. The Hall–Kier alpha value is -2.01. The molecule has 2 aromatic rings. The van der Waals surface area contributed by atoms with Gasteiger partial charge in [-0.3, -0.25) is 0 Å². The van der Waals surface area contributed by atoms with E-state index < -0.39 is 0 Å². The Kier molecular flexibility index (Phi) is 3.87. The van der Waals surface area contributed by atoms with Gasteiger partial charge in [-0.25, -0.2) is 4.68 Å². The lowest BCUT2D eigenvalue weighted by Gasteiger charge is -2.08. The van der Waals surface area contributed by atoms with Crippen molar-refractivity contribution in [2.75, 3.05) is 26.8 Å². The normalized spacial score (nSPS) is 18.1. The Morgan fingerprint density at radius 1 is 1.30 bits per heavy atom. The summed E-state index contributed by atoms with van der Waals surface area (Å²) in [6.45, 7) is 2.90. The van der Waals surface area contributed by atoms with Gasteiger partial charge in [-0.1, -0.05) is 0 Å². The Morgan fingerprint density at radius 2 is 2.15 bits per heavy atom. The quantitative estimate of drug-likeness (QED) is 0.903. The first-order chi connectivity index (χ1) is 9.85. The molecule has 1 unspecified atom stereocenters. The van der Waals surface area contributed by atoms with Crippen molar-refractivity contribution in [2.24, 2.45) is 5.92 Å². The third kappa shape index (κ3) is 2.93. The van der Waals surface area contributed by atoms with Gasteiger partial charge < -0.3 is 14.8 Å². The summed E-state index contributed by atoms with van der Waals surface area (Å²) in [5.74, 6) is 2.26. The molecule has 3 rings (SSSR count). The molecule has 5 heteroatoms. The highest BCUT2D eigenvalue weighted by Gasteiger charge is 2.15. The number of rotatable bonds is 5. The van der Waals surface area contributed by atoms with E-state index in [2.05, 4.69) is 10.4 Å². The van der Waals surface area contributed by atoms with Crippen LogP contribution in [0.1, 0.15) is 6.42 Å². The van der Waals surface area contributed by atoms with E-state index >= 15 is 0 Å². The van der Waals surface area contributed by atoms with Gasteiger partial charge >= 0.3 is 0 Å². The lowest BCUT2D eigenvalue weighted by Crippen LogP contribution is -2.15. The van der Waals surface area contributed by atoms with Crippen molar-refractivity contribution in [1.82, 2.24) is 15.1 Å². The van der Waals surface area contributed by atoms with Crippen molar-refractivity contribution in [3.8, 4) is 17.2 Å². The minimum atomic E-state index is 0.610. The molecule has 1 N–H and O–H groups in total. The standard InChI is InChI=1S/C15H19N3O2/c1-19-14-4-2-13(3-5-14)18-10-15(9-17-18)20-11-12-6-7-16-8-12/h2-5,9-10,12,16H,6-8,11H2,1H3. The van der Waals surface area contributed by atoms with Crippen LogP contribution in [0, 0.1) is 5.92 Å². The fourth-order valence-electron chi connectivity index (χ4n) is 2.33. The molecule has 1 aliphatic rings. The summed E-state index contributed by atoms with van der Waals surface area (Å²) in [5.41, 5.74) is 0.989. The van der Waals surface area contributed by atoms with Crippen molar-refractivity contribution < 1.29 is 9.47 Å². The van der Waals surface area contributed by atoms with Crippen LogP contribution in [0.4, 0.5) is 0 Å². The van der Waals surface area contributed by atoms with Crippen LogP contribution in [0.3, 0.4) is 0 Å². The van der Waals surface area contributed by atoms with E-state index in [0.29, 0.717) is 5.92 Å². The number of aromatic nitrogens is 2. The zero-order valence-electron chi connectivity index (χ0n) is 11.6. The molecule has 0 spiro atoms. The second-order valence-electron chi connectivity index (χ2n) is 4.99. The van der Waals surface area contributed by atoms with Crippen LogP contribution in [0.25, 0.3) is 5.69 Å². The summed E-state index contributed by atoms with van der Waals surface area (Å²) in [5, 5.41) is 7.66. The van der Waals surface area contributed by atoms with E-state index in [9.17, 15) is 0 Å². The van der Waals surface area contributed by atoms with E-state index in [4.69, 9.17) is 9.47 Å². The summed E-state index contributed by atoms with van der Waals surface area (Å²) in [6, 6.07) is 7.77. The molecule has 0 aliphatic carbocycles. The summed E-state index contributed by atoms with van der Waals surface area (Å²) in [6.07, 6.45) is 4.85. The maximum atomic E-state index is 5.79. The Bertz CT molecular complexity index is 545. The third-order valence-electron chi connectivity index (χ3n) is 3.54. The van der Waals surface area contributed by atoms with Gasteiger partial charge in [0.25, 0.3) is 0 Å². The Morgan fingerprint density at radius 3 is 2.85 bits per heavy atom. The monoisotopic (exact) mass is 273 g/mol. The van der Waals surface area contributed by atoms with Crippen LogP contribution in [0.15, 0.2) is 36.7 Å². The molecule has 1 aromatic carbocycles. The number of methoxy groups -OCH3 is 1. The van der Waals surface area contributed by atoms with Crippen LogP contribution in [-0.2, 0) is 0 Å². The number of hydrogen-bond donors (Lipinski definition) is 1. The second-order valence-corrected chi connectivity index (χ2v) is 4.99. The third-order valence-corrected chi connectivity index (χ3v) is 3.54. The minimum absolute atomic E-state index is 0.610. The van der Waals surface area contributed by atoms with Crippen molar-refractivity contribution in [1.29, 1.82) is 0 Å². The summed E-state index contributed by atoms with van der Waals surface area (Å²) < 4.78 is 12.7. The molecule has 1 atom stereocenters. The lowest BCUT2D eigenvalue weighted by atomic mass is 10.1. The minimum Gasteiger partial charge on any atom is -0.497 e. The highest BCUT2D eigenvalue weighted by atomic mass is 16.5. The molecular weight excluding hydrogens is 254 g/mol. The van der Waals surface area contributed by atoms with Gasteiger partial charge in [-0.05, 0) is 37.2 Å². The number of hydrogen-bond acceptors (Lipinski definition) is 4. The largest absolute Gasteiger partial charge is 0.497 e. The van der Waals surface area contributed by atoms with Crippen LogP contribution in [-0.4, -0.2) is 36.6 Å². The van der Waals surface area contributed by atoms with Gasteiger partial charge in [0.15, 0.2) is 5.75 Å². The van der Waals surface area contributed by atoms with Gasteiger partial charge in [0.1, 0.15) is 5.75 Å². The van der Waals surface area contributed by atoms with Gasteiger partial charge in [-0.2, -0.15) is 5.10 Å². The van der Waals surface area contributed by atoms with Crippen molar-refractivity contribution >= 4 is 0 Å². The van der Waals surface area contributed by atoms with Gasteiger partial charge in [0, 0.05) is 12.5 Å². The molecule has 5 nitrogen and oxygen atoms in total. The second kappa shape index (κ2) is 5.96. The first kappa shape index (κ1) is 13.0. The van der Waals surface area contributed by atoms with Gasteiger partial charge in [0.2, 0.25) is 0 Å².